The lowest BCUT2D eigenvalue weighted by Gasteiger charge is -2.33. The molecule has 1 fully saturated rings. The second-order valence-electron chi connectivity index (χ2n) is 5.95. The molecular weight excluding hydrogens is 246 g/mol. The van der Waals surface area contributed by atoms with Crippen LogP contribution in [0.2, 0.25) is 0 Å². The van der Waals surface area contributed by atoms with E-state index in [2.05, 4.69) is 11.8 Å². The first-order valence-electron chi connectivity index (χ1n) is 6.21. The molecule has 106 valence electrons. The number of hydrogen-bond donors (Lipinski definition) is 0. The van der Waals surface area contributed by atoms with Crippen molar-refractivity contribution in [2.24, 2.45) is 0 Å². The Kier molecular flexibility index (Phi) is 4.26. The van der Waals surface area contributed by atoms with E-state index in [1.165, 1.54) is 11.8 Å². The molecule has 1 rings (SSSR count). The summed E-state index contributed by atoms with van der Waals surface area (Å²) in [7, 11) is 0. The predicted octanol–water partition coefficient (Wildman–Crippen LogP) is 1.95. The molecule has 1 heterocycles. The maximum absolute atomic E-state index is 12.2. The van der Waals surface area contributed by atoms with Gasteiger partial charge in [-0.15, -0.1) is 0 Å². The van der Waals surface area contributed by atoms with Crippen molar-refractivity contribution < 1.29 is 19.1 Å². The molecular formula is C14H21NO4. The van der Waals surface area contributed by atoms with Crippen LogP contribution in [-0.4, -0.2) is 40.8 Å². The Labute approximate surface area is 114 Å². The van der Waals surface area contributed by atoms with Crippen molar-refractivity contribution in [3.8, 4) is 11.8 Å². The minimum atomic E-state index is -0.793. The summed E-state index contributed by atoms with van der Waals surface area (Å²) in [6, 6.07) is -0.464. The van der Waals surface area contributed by atoms with Crippen LogP contribution in [-0.2, 0) is 14.3 Å². The second kappa shape index (κ2) is 5.22. The fourth-order valence-electron chi connectivity index (χ4n) is 1.75. The second-order valence-corrected chi connectivity index (χ2v) is 5.95. The van der Waals surface area contributed by atoms with Crippen molar-refractivity contribution in [3.05, 3.63) is 0 Å². The molecule has 0 radical (unpaired) electrons. The highest BCUT2D eigenvalue weighted by Crippen LogP contribution is 2.28. The Bertz CT molecular complexity index is 437. The topological polar surface area (TPSA) is 55.8 Å². The Morgan fingerprint density at radius 3 is 2.42 bits per heavy atom. The average molecular weight is 267 g/mol. The summed E-state index contributed by atoms with van der Waals surface area (Å²) >= 11 is 0. The fourth-order valence-corrected chi connectivity index (χ4v) is 1.75. The average Bonchev–Trinajstić information content (AvgIpc) is 2.47. The van der Waals surface area contributed by atoms with Crippen molar-refractivity contribution in [2.45, 2.75) is 58.9 Å². The minimum absolute atomic E-state index is 0.242. The van der Waals surface area contributed by atoms with Crippen LogP contribution in [0.5, 0.6) is 0 Å². The number of carbonyl (C=O) groups is 2. The summed E-state index contributed by atoms with van der Waals surface area (Å²) in [5.74, 6) is 4.97. The lowest BCUT2D eigenvalue weighted by atomic mass is 10.2. The highest BCUT2D eigenvalue weighted by molar-refractivity contribution is 5.93. The maximum atomic E-state index is 12.2. The molecule has 0 spiro atoms. The molecule has 0 aromatic carbocycles. The van der Waals surface area contributed by atoms with Gasteiger partial charge in [0.2, 0.25) is 5.78 Å². The summed E-state index contributed by atoms with van der Waals surface area (Å²) in [6.07, 6.45) is -0.488. The van der Waals surface area contributed by atoms with E-state index in [1.54, 1.807) is 34.6 Å². The van der Waals surface area contributed by atoms with Crippen LogP contribution in [0.25, 0.3) is 0 Å². The monoisotopic (exact) mass is 267 g/mol. The molecule has 19 heavy (non-hydrogen) atoms. The summed E-state index contributed by atoms with van der Waals surface area (Å²) in [6.45, 7) is 10.6. The van der Waals surface area contributed by atoms with Gasteiger partial charge in [0.25, 0.3) is 0 Å². The molecule has 1 amide bonds. The number of nitrogens with zero attached hydrogens (tertiary/aromatic N) is 1. The van der Waals surface area contributed by atoms with Gasteiger partial charge in [-0.2, -0.15) is 0 Å². The molecule has 1 aliphatic rings. The number of hydrogen-bond acceptors (Lipinski definition) is 4. The Balaban J connectivity index is 2.94. The van der Waals surface area contributed by atoms with E-state index in [0.29, 0.717) is 0 Å². The third kappa shape index (κ3) is 4.25. The Morgan fingerprint density at radius 1 is 1.37 bits per heavy atom. The van der Waals surface area contributed by atoms with Gasteiger partial charge in [0, 0.05) is 6.92 Å². The van der Waals surface area contributed by atoms with Gasteiger partial charge in [0.1, 0.15) is 17.4 Å². The molecule has 0 aromatic rings. The van der Waals surface area contributed by atoms with Crippen LogP contribution in [0.4, 0.5) is 4.79 Å². The fraction of sp³-hybridized carbons (Fsp3) is 0.714. The number of Topliss-reactive ketones (excluding diaryl/α,β-unsaturated/α-hetero) is 1. The van der Waals surface area contributed by atoms with E-state index < -0.39 is 23.5 Å². The van der Waals surface area contributed by atoms with Crippen molar-refractivity contribution in [1.29, 1.82) is 0 Å². The number of ether oxygens (including phenoxy) is 2. The van der Waals surface area contributed by atoms with Gasteiger partial charge in [-0.3, -0.25) is 9.69 Å². The summed E-state index contributed by atoms with van der Waals surface area (Å²) in [5, 5.41) is 0. The van der Waals surface area contributed by atoms with Crippen LogP contribution < -0.4 is 0 Å². The van der Waals surface area contributed by atoms with Gasteiger partial charge in [0.15, 0.2) is 0 Å². The zero-order valence-corrected chi connectivity index (χ0v) is 12.4. The Hall–Kier alpha value is -1.54. The first-order valence-corrected chi connectivity index (χ1v) is 6.21. The van der Waals surface area contributed by atoms with E-state index in [-0.39, 0.29) is 12.4 Å². The third-order valence-corrected chi connectivity index (χ3v) is 2.49. The molecule has 1 unspecified atom stereocenters. The SMILES string of the molecule is CC(=O)C#CC1COC(C)(C)N1C(=O)OC(C)(C)C. The van der Waals surface area contributed by atoms with Gasteiger partial charge < -0.3 is 9.47 Å². The summed E-state index contributed by atoms with van der Waals surface area (Å²) < 4.78 is 10.9. The zero-order chi connectivity index (χ0) is 14.8. The molecule has 0 aliphatic carbocycles. The predicted molar refractivity (Wildman–Crippen MR) is 70.3 cm³/mol. The van der Waals surface area contributed by atoms with Gasteiger partial charge in [-0.25, -0.2) is 4.79 Å². The third-order valence-electron chi connectivity index (χ3n) is 2.49. The van der Waals surface area contributed by atoms with E-state index >= 15 is 0 Å². The van der Waals surface area contributed by atoms with E-state index in [9.17, 15) is 9.59 Å². The smallest absolute Gasteiger partial charge is 0.413 e. The molecule has 0 N–H and O–H groups in total. The lowest BCUT2D eigenvalue weighted by molar-refractivity contribution is -0.111. The normalized spacial score (nSPS) is 21.6. The van der Waals surface area contributed by atoms with Crippen molar-refractivity contribution in [3.63, 3.8) is 0 Å². The standard InChI is InChI=1S/C14H21NO4/c1-10(16)7-8-11-9-18-14(5,6)15(11)12(17)19-13(2,3)4/h11H,9H2,1-6H3. The van der Waals surface area contributed by atoms with Crippen molar-refractivity contribution in [2.75, 3.05) is 6.61 Å². The maximum Gasteiger partial charge on any atom is 0.413 e. The van der Waals surface area contributed by atoms with E-state index in [1.807, 2.05) is 0 Å². The molecule has 0 bridgehead atoms. The number of rotatable bonds is 0. The molecule has 1 aliphatic heterocycles. The van der Waals surface area contributed by atoms with Crippen LogP contribution in [0, 0.1) is 11.8 Å². The molecule has 0 saturated carbocycles. The number of amides is 1. The molecule has 5 nitrogen and oxygen atoms in total. The Morgan fingerprint density at radius 2 is 1.95 bits per heavy atom. The lowest BCUT2D eigenvalue weighted by Crippen LogP contribution is -2.49. The summed E-state index contributed by atoms with van der Waals surface area (Å²) in [5.41, 5.74) is -1.38. The zero-order valence-electron chi connectivity index (χ0n) is 12.4. The van der Waals surface area contributed by atoms with Crippen LogP contribution in [0.3, 0.4) is 0 Å². The van der Waals surface area contributed by atoms with Crippen molar-refractivity contribution >= 4 is 11.9 Å². The first-order chi connectivity index (χ1) is 8.53. The highest BCUT2D eigenvalue weighted by Gasteiger charge is 2.45. The molecule has 0 aromatic heterocycles. The van der Waals surface area contributed by atoms with Crippen LogP contribution in [0.15, 0.2) is 0 Å². The largest absolute Gasteiger partial charge is 0.444 e. The summed E-state index contributed by atoms with van der Waals surface area (Å²) in [4.78, 5) is 24.6. The highest BCUT2D eigenvalue weighted by atomic mass is 16.6. The van der Waals surface area contributed by atoms with Gasteiger partial charge >= 0.3 is 6.09 Å². The number of carbonyl (C=O) groups excluding carboxylic acids is 2. The van der Waals surface area contributed by atoms with E-state index in [4.69, 9.17) is 9.47 Å². The van der Waals surface area contributed by atoms with Gasteiger partial charge in [0.05, 0.1) is 6.61 Å². The number of ketones is 1. The quantitative estimate of drug-likeness (QED) is 0.497. The molecule has 1 saturated heterocycles. The minimum Gasteiger partial charge on any atom is -0.444 e. The van der Waals surface area contributed by atoms with Gasteiger partial charge in [-0.1, -0.05) is 5.92 Å². The van der Waals surface area contributed by atoms with Crippen LogP contribution >= 0.6 is 0 Å². The molecule has 1 atom stereocenters. The molecule has 5 heteroatoms. The van der Waals surface area contributed by atoms with Crippen LogP contribution in [0.1, 0.15) is 41.5 Å². The van der Waals surface area contributed by atoms with E-state index in [0.717, 1.165) is 0 Å². The first kappa shape index (κ1) is 15.5. The van der Waals surface area contributed by atoms with Gasteiger partial charge in [-0.05, 0) is 40.5 Å². The van der Waals surface area contributed by atoms with Crippen molar-refractivity contribution in [1.82, 2.24) is 4.90 Å².